The average Bonchev–Trinajstić information content (AvgIpc) is 2.86. The molecule has 1 heterocycles. The number of ketones is 1. The van der Waals surface area contributed by atoms with Crippen LogP contribution in [-0.2, 0) is 9.59 Å². The molecule has 7 nitrogen and oxygen atoms in total. The molecule has 3 N–H and O–H groups in total. The van der Waals surface area contributed by atoms with Crippen molar-refractivity contribution in [1.82, 2.24) is 10.0 Å². The lowest BCUT2D eigenvalue weighted by atomic mass is 9.94. The van der Waals surface area contributed by atoms with Gasteiger partial charge in [-0.05, 0) is 60.3 Å². The molecule has 0 saturated carbocycles. The normalized spacial score (nSPS) is 14.6. The molecule has 0 aromatic heterocycles. The zero-order valence-corrected chi connectivity index (χ0v) is 19.6. The van der Waals surface area contributed by atoms with Crippen molar-refractivity contribution in [2.24, 2.45) is 0 Å². The minimum absolute atomic E-state index is 0.0679. The van der Waals surface area contributed by atoms with Gasteiger partial charge in [-0.25, -0.2) is 4.79 Å². The second kappa shape index (κ2) is 11.0. The number of aryl methyl sites for hydroxylation is 1. The van der Waals surface area contributed by atoms with E-state index in [1.54, 1.807) is 18.2 Å². The first-order valence-corrected chi connectivity index (χ1v) is 11.8. The summed E-state index contributed by atoms with van der Waals surface area (Å²) in [5.41, 5.74) is 3.22. The number of anilines is 2. The van der Waals surface area contributed by atoms with E-state index in [4.69, 9.17) is 0 Å². The lowest BCUT2D eigenvalue weighted by Crippen LogP contribution is -2.45. The fraction of sp³-hybridized carbons (Fsp3) is 0.192. The topological polar surface area (TPSA) is 90.5 Å². The molecule has 0 fully saturated rings. The predicted molar refractivity (Wildman–Crippen MR) is 135 cm³/mol. The van der Waals surface area contributed by atoms with Crippen LogP contribution in [0.4, 0.5) is 16.2 Å². The van der Waals surface area contributed by atoms with Crippen LogP contribution in [0.2, 0.25) is 0 Å². The summed E-state index contributed by atoms with van der Waals surface area (Å²) in [4.78, 5) is 41.2. The number of hydrogen-bond acceptors (Lipinski definition) is 5. The Bertz CT molecular complexity index is 1190. The van der Waals surface area contributed by atoms with Gasteiger partial charge in [0.2, 0.25) is 5.91 Å². The van der Waals surface area contributed by atoms with Gasteiger partial charge in [0.15, 0.2) is 5.78 Å². The zero-order chi connectivity index (χ0) is 23.9. The molecule has 1 aliphatic heterocycles. The van der Waals surface area contributed by atoms with E-state index in [-0.39, 0.29) is 30.7 Å². The first kappa shape index (κ1) is 23.5. The Labute approximate surface area is 203 Å². The summed E-state index contributed by atoms with van der Waals surface area (Å²) < 4.78 is 3.21. The third-order valence-corrected chi connectivity index (χ3v) is 6.41. The lowest BCUT2D eigenvalue weighted by molar-refractivity contribution is -0.123. The number of carbonyl (C=O) groups excluding carboxylic acids is 3. The van der Waals surface area contributed by atoms with Crippen LogP contribution >= 0.6 is 11.9 Å². The summed E-state index contributed by atoms with van der Waals surface area (Å²) >= 11 is 1.51. The van der Waals surface area contributed by atoms with Crippen molar-refractivity contribution in [3.8, 4) is 0 Å². The van der Waals surface area contributed by atoms with E-state index in [0.29, 0.717) is 17.9 Å². The molecule has 3 aromatic carbocycles. The fourth-order valence-electron chi connectivity index (χ4n) is 3.81. The molecule has 0 saturated heterocycles. The van der Waals surface area contributed by atoms with Crippen molar-refractivity contribution in [1.29, 1.82) is 0 Å². The van der Waals surface area contributed by atoms with Gasteiger partial charge in [0.1, 0.15) is 0 Å². The number of fused-ring (bicyclic) bond motifs is 1. The van der Waals surface area contributed by atoms with Gasteiger partial charge in [-0.15, -0.1) is 0 Å². The van der Waals surface area contributed by atoms with Gasteiger partial charge >= 0.3 is 6.03 Å². The quantitative estimate of drug-likeness (QED) is 0.449. The van der Waals surface area contributed by atoms with E-state index in [0.717, 1.165) is 16.0 Å². The van der Waals surface area contributed by atoms with Crippen molar-refractivity contribution in [2.45, 2.75) is 17.7 Å². The van der Waals surface area contributed by atoms with E-state index < -0.39 is 6.03 Å². The van der Waals surface area contributed by atoms with Gasteiger partial charge in [-0.3, -0.25) is 14.3 Å². The number of carbonyl (C=O) groups is 3. The molecular formula is C26H26N4O3S. The van der Waals surface area contributed by atoms with Crippen LogP contribution in [0.15, 0.2) is 83.8 Å². The van der Waals surface area contributed by atoms with Crippen LogP contribution in [0.1, 0.15) is 17.0 Å². The summed E-state index contributed by atoms with van der Waals surface area (Å²) in [6.07, 6.45) is 0. The van der Waals surface area contributed by atoms with Crippen LogP contribution in [-0.4, -0.2) is 37.4 Å². The summed E-state index contributed by atoms with van der Waals surface area (Å²) in [7, 11) is 0. The minimum Gasteiger partial charge on any atom is -0.329 e. The Morgan fingerprint density at radius 2 is 1.76 bits per heavy atom. The first-order valence-electron chi connectivity index (χ1n) is 11.0. The van der Waals surface area contributed by atoms with Gasteiger partial charge in [-0.2, -0.15) is 0 Å². The standard InChI is InChI=1S/C26H26N4O3S/c1-18-8-7-9-19(14-18)29-26(33)27-16-25(32)30(20-10-3-2-4-11-20)17-23(31)22-15-28-34-24-13-6-5-12-21(22)24/h2-14,22,28H,15-17H2,1H3,(H2,27,29,33). The van der Waals surface area contributed by atoms with E-state index in [1.807, 2.05) is 67.6 Å². The molecule has 1 atom stereocenters. The van der Waals surface area contributed by atoms with Crippen LogP contribution in [0.25, 0.3) is 0 Å². The first-order chi connectivity index (χ1) is 16.5. The fourth-order valence-corrected chi connectivity index (χ4v) is 4.69. The molecule has 34 heavy (non-hydrogen) atoms. The summed E-state index contributed by atoms with van der Waals surface area (Å²) in [5.74, 6) is -0.791. The van der Waals surface area contributed by atoms with Crippen molar-refractivity contribution >= 4 is 41.0 Å². The van der Waals surface area contributed by atoms with Crippen LogP contribution in [0.3, 0.4) is 0 Å². The largest absolute Gasteiger partial charge is 0.329 e. The predicted octanol–water partition coefficient (Wildman–Crippen LogP) is 4.11. The van der Waals surface area contributed by atoms with Crippen molar-refractivity contribution in [3.05, 3.63) is 90.0 Å². The molecule has 174 valence electrons. The van der Waals surface area contributed by atoms with Gasteiger partial charge in [0.05, 0.1) is 19.0 Å². The van der Waals surface area contributed by atoms with Gasteiger partial charge in [-0.1, -0.05) is 48.5 Å². The highest BCUT2D eigenvalue weighted by molar-refractivity contribution is 7.97. The molecule has 4 rings (SSSR count). The smallest absolute Gasteiger partial charge is 0.319 e. The van der Waals surface area contributed by atoms with Gasteiger partial charge in [0.25, 0.3) is 0 Å². The van der Waals surface area contributed by atoms with E-state index in [2.05, 4.69) is 15.4 Å². The molecule has 8 heteroatoms. The van der Waals surface area contributed by atoms with Gasteiger partial charge < -0.3 is 15.5 Å². The van der Waals surface area contributed by atoms with Crippen molar-refractivity contribution in [3.63, 3.8) is 0 Å². The summed E-state index contributed by atoms with van der Waals surface area (Å²) in [6.45, 7) is 2.10. The minimum atomic E-state index is -0.485. The highest BCUT2D eigenvalue weighted by Crippen LogP contribution is 2.32. The van der Waals surface area contributed by atoms with E-state index in [9.17, 15) is 14.4 Å². The number of amides is 3. The number of hydrogen-bond donors (Lipinski definition) is 3. The molecule has 3 amide bonds. The molecular weight excluding hydrogens is 448 g/mol. The monoisotopic (exact) mass is 474 g/mol. The molecule has 0 aliphatic carbocycles. The Balaban J connectivity index is 1.44. The number of nitrogens with zero attached hydrogens (tertiary/aromatic N) is 1. The molecule has 1 unspecified atom stereocenters. The number of rotatable bonds is 7. The SMILES string of the molecule is Cc1cccc(NC(=O)NCC(=O)N(CC(=O)C2CNSc3ccccc32)c2ccccc2)c1. The van der Waals surface area contributed by atoms with Crippen LogP contribution < -0.4 is 20.3 Å². The summed E-state index contributed by atoms with van der Waals surface area (Å²) in [6, 6.07) is 23.7. The second-order valence-electron chi connectivity index (χ2n) is 8.00. The Kier molecular flexibility index (Phi) is 7.61. The molecule has 0 bridgehead atoms. The second-order valence-corrected chi connectivity index (χ2v) is 8.93. The van der Waals surface area contributed by atoms with Gasteiger partial charge in [0, 0.05) is 22.8 Å². The average molecular weight is 475 g/mol. The third kappa shape index (κ3) is 5.84. The molecule has 0 radical (unpaired) electrons. The molecule has 1 aliphatic rings. The van der Waals surface area contributed by atoms with E-state index in [1.165, 1.54) is 16.8 Å². The van der Waals surface area contributed by atoms with Crippen LogP contribution in [0.5, 0.6) is 0 Å². The zero-order valence-electron chi connectivity index (χ0n) is 18.8. The Hall–Kier alpha value is -3.62. The Morgan fingerprint density at radius 3 is 2.56 bits per heavy atom. The third-order valence-electron chi connectivity index (χ3n) is 5.51. The van der Waals surface area contributed by atoms with Crippen LogP contribution in [0, 0.1) is 6.92 Å². The molecule has 3 aromatic rings. The number of Topliss-reactive ketones (excluding diaryl/α,β-unsaturated/α-hetero) is 1. The maximum atomic E-state index is 13.3. The maximum Gasteiger partial charge on any atom is 0.319 e. The number of benzene rings is 3. The summed E-state index contributed by atoms with van der Waals surface area (Å²) in [5, 5.41) is 5.32. The number of para-hydroxylation sites is 1. The number of nitrogens with one attached hydrogen (secondary N) is 3. The maximum absolute atomic E-state index is 13.3. The Morgan fingerprint density at radius 1 is 1.00 bits per heavy atom. The van der Waals surface area contributed by atoms with Crippen molar-refractivity contribution < 1.29 is 14.4 Å². The number of urea groups is 1. The lowest BCUT2D eigenvalue weighted by Gasteiger charge is -2.28. The van der Waals surface area contributed by atoms with Crippen molar-refractivity contribution in [2.75, 3.05) is 29.9 Å². The highest BCUT2D eigenvalue weighted by atomic mass is 32.2. The molecule has 0 spiro atoms. The van der Waals surface area contributed by atoms with E-state index >= 15 is 0 Å². The highest BCUT2D eigenvalue weighted by Gasteiger charge is 2.29.